The van der Waals surface area contributed by atoms with Crippen molar-refractivity contribution in [1.82, 2.24) is 9.29 Å². The van der Waals surface area contributed by atoms with Gasteiger partial charge in [-0.2, -0.15) is 4.31 Å². The molecule has 1 N–H and O–H groups in total. The lowest BCUT2D eigenvalue weighted by molar-refractivity contribution is 0.408. The zero-order valence-corrected chi connectivity index (χ0v) is 19.4. The Kier molecular flexibility index (Phi) is 6.62. The van der Waals surface area contributed by atoms with Crippen molar-refractivity contribution in [3.63, 3.8) is 0 Å². The Hall–Kier alpha value is -3.42. The highest BCUT2D eigenvalue weighted by molar-refractivity contribution is 7.89. The van der Waals surface area contributed by atoms with Gasteiger partial charge in [0.05, 0.1) is 12.0 Å². The second-order valence-electron chi connectivity index (χ2n) is 7.91. The number of methoxy groups -OCH3 is 1. The number of nitrogens with zero attached hydrogens (tertiary/aromatic N) is 1. The number of nitrogens with one attached hydrogen (secondary N) is 1. The van der Waals surface area contributed by atoms with Crippen molar-refractivity contribution >= 4 is 20.9 Å². The van der Waals surface area contributed by atoms with Crippen molar-refractivity contribution in [1.29, 1.82) is 0 Å². The van der Waals surface area contributed by atoms with Crippen LogP contribution in [0.5, 0.6) is 5.75 Å². The van der Waals surface area contributed by atoms with Crippen LogP contribution in [0.1, 0.15) is 16.7 Å². The molecule has 0 bridgehead atoms. The molecule has 4 aromatic rings. The minimum Gasteiger partial charge on any atom is -0.497 e. The van der Waals surface area contributed by atoms with E-state index in [0.29, 0.717) is 23.3 Å². The Morgan fingerprint density at radius 2 is 1.64 bits per heavy atom. The second kappa shape index (κ2) is 9.60. The van der Waals surface area contributed by atoms with Gasteiger partial charge in [-0.3, -0.25) is 4.79 Å². The van der Waals surface area contributed by atoms with Crippen LogP contribution in [0.4, 0.5) is 0 Å². The van der Waals surface area contributed by atoms with Gasteiger partial charge in [0.15, 0.2) is 0 Å². The van der Waals surface area contributed by atoms with Gasteiger partial charge in [-0.1, -0.05) is 42.5 Å². The first-order valence-electron chi connectivity index (χ1n) is 10.7. The van der Waals surface area contributed by atoms with E-state index in [4.69, 9.17) is 4.74 Å². The summed E-state index contributed by atoms with van der Waals surface area (Å²) in [6.07, 6.45) is 0.540. The highest BCUT2D eigenvalue weighted by Gasteiger charge is 2.25. The Morgan fingerprint density at radius 1 is 0.909 bits per heavy atom. The molecule has 0 unspecified atom stereocenters. The van der Waals surface area contributed by atoms with Gasteiger partial charge >= 0.3 is 0 Å². The number of sulfonamides is 1. The van der Waals surface area contributed by atoms with Crippen LogP contribution < -0.4 is 10.3 Å². The first-order valence-corrected chi connectivity index (χ1v) is 12.1. The molecular weight excluding hydrogens is 436 g/mol. The average molecular weight is 463 g/mol. The maximum absolute atomic E-state index is 13.5. The number of aromatic nitrogens is 1. The van der Waals surface area contributed by atoms with E-state index in [0.717, 1.165) is 16.5 Å². The summed E-state index contributed by atoms with van der Waals surface area (Å²) in [7, 11) is -2.23. The summed E-state index contributed by atoms with van der Waals surface area (Å²) < 4.78 is 33.7. The number of aryl methyl sites for hydroxylation is 1. The fourth-order valence-electron chi connectivity index (χ4n) is 3.83. The molecule has 170 valence electrons. The summed E-state index contributed by atoms with van der Waals surface area (Å²) in [4.78, 5) is 15.9. The van der Waals surface area contributed by atoms with Gasteiger partial charge in [-0.15, -0.1) is 0 Å². The molecule has 0 radical (unpaired) electrons. The number of ether oxygens (including phenoxy) is 1. The highest BCUT2D eigenvalue weighted by atomic mass is 32.2. The number of aromatic amines is 1. The zero-order valence-electron chi connectivity index (χ0n) is 18.6. The maximum Gasteiger partial charge on any atom is 0.252 e. The average Bonchev–Trinajstić information content (AvgIpc) is 2.83. The summed E-state index contributed by atoms with van der Waals surface area (Å²) in [6.45, 7) is 2.22. The third-order valence-electron chi connectivity index (χ3n) is 5.75. The molecule has 0 saturated heterocycles. The first kappa shape index (κ1) is 22.8. The van der Waals surface area contributed by atoms with E-state index in [2.05, 4.69) is 4.98 Å². The summed E-state index contributed by atoms with van der Waals surface area (Å²) in [5.74, 6) is 0.661. The Balaban J connectivity index is 1.72. The van der Waals surface area contributed by atoms with Gasteiger partial charge in [0.2, 0.25) is 10.0 Å². The van der Waals surface area contributed by atoms with Crippen LogP contribution in [0.2, 0.25) is 0 Å². The van der Waals surface area contributed by atoms with Gasteiger partial charge in [0.1, 0.15) is 5.75 Å². The molecule has 7 heteroatoms. The van der Waals surface area contributed by atoms with Crippen molar-refractivity contribution in [2.45, 2.75) is 24.8 Å². The molecule has 0 aliphatic heterocycles. The quantitative estimate of drug-likeness (QED) is 0.424. The Bertz CT molecular complexity index is 1430. The van der Waals surface area contributed by atoms with Crippen LogP contribution in [0.3, 0.4) is 0 Å². The predicted octanol–water partition coefficient (Wildman–Crippen LogP) is 4.28. The molecule has 0 amide bonds. The molecule has 0 fully saturated rings. The van der Waals surface area contributed by atoms with Crippen LogP contribution in [-0.2, 0) is 23.0 Å². The molecule has 6 nitrogen and oxygen atoms in total. The topological polar surface area (TPSA) is 79.5 Å². The SMILES string of the molecule is COc1ccc2[nH]c(=O)c(CN(CCc3ccccc3C)S(=O)(=O)c3ccccc3)cc2c1. The van der Waals surface area contributed by atoms with Crippen molar-refractivity contribution < 1.29 is 13.2 Å². The molecule has 1 heterocycles. The first-order chi connectivity index (χ1) is 15.9. The van der Waals surface area contributed by atoms with E-state index < -0.39 is 10.0 Å². The molecule has 1 aromatic heterocycles. The number of fused-ring (bicyclic) bond motifs is 1. The van der Waals surface area contributed by atoms with Crippen LogP contribution in [0.25, 0.3) is 10.9 Å². The van der Waals surface area contributed by atoms with Gasteiger partial charge in [-0.05, 0) is 60.9 Å². The third-order valence-corrected chi connectivity index (χ3v) is 7.61. The number of rotatable bonds is 8. The van der Waals surface area contributed by atoms with E-state index in [1.54, 1.807) is 55.6 Å². The smallest absolute Gasteiger partial charge is 0.252 e. The molecule has 0 spiro atoms. The standard InChI is InChI=1S/C26H26N2O4S/c1-19-8-6-7-9-20(19)14-15-28(33(30,31)24-10-4-3-5-11-24)18-22-16-21-17-23(32-2)12-13-25(21)27-26(22)29/h3-13,16-17H,14-15,18H2,1-2H3,(H,27,29). The minimum absolute atomic E-state index is 0.0361. The monoisotopic (exact) mass is 462 g/mol. The molecule has 3 aromatic carbocycles. The van der Waals surface area contributed by atoms with Crippen LogP contribution in [0.15, 0.2) is 88.6 Å². The summed E-state index contributed by atoms with van der Waals surface area (Å²) >= 11 is 0. The molecule has 0 aliphatic rings. The minimum atomic E-state index is -3.81. The van der Waals surface area contributed by atoms with Gasteiger partial charge in [0, 0.05) is 29.6 Å². The van der Waals surface area contributed by atoms with Crippen molar-refractivity contribution in [3.05, 3.63) is 106 Å². The van der Waals surface area contributed by atoms with E-state index >= 15 is 0 Å². The van der Waals surface area contributed by atoms with Crippen LogP contribution in [0, 0.1) is 6.92 Å². The van der Waals surface area contributed by atoms with E-state index in [1.165, 1.54) is 4.31 Å². The zero-order chi connectivity index (χ0) is 23.4. The largest absolute Gasteiger partial charge is 0.497 e. The number of pyridine rings is 1. The summed E-state index contributed by atoms with van der Waals surface area (Å²) in [5.41, 5.74) is 2.91. The van der Waals surface area contributed by atoms with Gasteiger partial charge in [-0.25, -0.2) is 8.42 Å². The third kappa shape index (κ3) is 4.99. The van der Waals surface area contributed by atoms with E-state index in [1.807, 2.05) is 37.3 Å². The fraction of sp³-hybridized carbons (Fsp3) is 0.192. The highest BCUT2D eigenvalue weighted by Crippen LogP contribution is 2.22. The lowest BCUT2D eigenvalue weighted by atomic mass is 10.1. The lowest BCUT2D eigenvalue weighted by Gasteiger charge is -2.23. The normalized spacial score (nSPS) is 11.7. The summed E-state index contributed by atoms with van der Waals surface area (Å²) in [6, 6.07) is 23.3. The molecule has 0 aliphatic carbocycles. The fourth-order valence-corrected chi connectivity index (χ4v) is 5.27. The molecule has 33 heavy (non-hydrogen) atoms. The van der Waals surface area contributed by atoms with Crippen molar-refractivity contribution in [3.8, 4) is 5.75 Å². The van der Waals surface area contributed by atoms with E-state index in [-0.39, 0.29) is 23.5 Å². The molecule has 4 rings (SSSR count). The number of hydrogen-bond acceptors (Lipinski definition) is 4. The second-order valence-corrected chi connectivity index (χ2v) is 9.84. The number of benzene rings is 3. The predicted molar refractivity (Wildman–Crippen MR) is 130 cm³/mol. The van der Waals surface area contributed by atoms with Gasteiger partial charge in [0.25, 0.3) is 5.56 Å². The molecule has 0 saturated carbocycles. The lowest BCUT2D eigenvalue weighted by Crippen LogP contribution is -2.34. The van der Waals surface area contributed by atoms with Crippen molar-refractivity contribution in [2.24, 2.45) is 0 Å². The van der Waals surface area contributed by atoms with Crippen LogP contribution in [-0.4, -0.2) is 31.4 Å². The molecular formula is C26H26N2O4S. The summed E-state index contributed by atoms with van der Waals surface area (Å²) in [5, 5.41) is 0.778. The van der Waals surface area contributed by atoms with Crippen LogP contribution >= 0.6 is 0 Å². The number of H-pyrrole nitrogens is 1. The molecule has 0 atom stereocenters. The number of hydrogen-bond donors (Lipinski definition) is 1. The van der Waals surface area contributed by atoms with E-state index in [9.17, 15) is 13.2 Å². The van der Waals surface area contributed by atoms with Crippen molar-refractivity contribution in [2.75, 3.05) is 13.7 Å². The Morgan fingerprint density at radius 3 is 2.36 bits per heavy atom. The maximum atomic E-state index is 13.5. The Labute approximate surface area is 193 Å². The van der Waals surface area contributed by atoms with Gasteiger partial charge < -0.3 is 9.72 Å².